The number of halogens is 13. The maximum atomic E-state index is 13.5. The average Bonchev–Trinajstić information content (AvgIpc) is 2.56. The number of alkyl halides is 13. The van der Waals surface area contributed by atoms with E-state index in [0.29, 0.717) is 0 Å². The summed E-state index contributed by atoms with van der Waals surface area (Å²) in [7, 11) is 0. The fraction of sp³-hybridized carbons (Fsp3) is 1.00. The second-order valence-corrected chi connectivity index (χ2v) is 6.03. The van der Waals surface area contributed by atoms with Crippen molar-refractivity contribution in [1.82, 2.24) is 0 Å². The van der Waals surface area contributed by atoms with Gasteiger partial charge in [0, 0.05) is 19.4 Å². The third-order valence-electron chi connectivity index (χ3n) is 3.88. The molecule has 0 bridgehead atoms. The summed E-state index contributed by atoms with van der Waals surface area (Å²) < 4.78 is 173. The quantitative estimate of drug-likeness (QED) is 0.267. The second kappa shape index (κ2) is 8.82. The fourth-order valence-electron chi connectivity index (χ4n) is 2.09. The van der Waals surface area contributed by atoms with E-state index in [9.17, 15) is 57.1 Å². The first kappa shape index (κ1) is 27.0. The van der Waals surface area contributed by atoms with Gasteiger partial charge in [-0.25, -0.2) is 0 Å². The van der Waals surface area contributed by atoms with Gasteiger partial charge >= 0.3 is 35.5 Å². The molecule has 170 valence electrons. The normalized spacial score (nSPS) is 15.2. The zero-order chi connectivity index (χ0) is 22.7. The predicted octanol–water partition coefficient (Wildman–Crippen LogP) is 6.10. The molecular formula is C14H17F13O. The summed E-state index contributed by atoms with van der Waals surface area (Å²) in [5.74, 6) is -41.4. The van der Waals surface area contributed by atoms with Crippen molar-refractivity contribution in [2.24, 2.45) is 0 Å². The summed E-state index contributed by atoms with van der Waals surface area (Å²) in [5, 5.41) is 8.26. The van der Waals surface area contributed by atoms with Crippen molar-refractivity contribution in [3.63, 3.8) is 0 Å². The molecule has 0 aromatic carbocycles. The summed E-state index contributed by atoms with van der Waals surface area (Å²) in [6, 6.07) is 0. The van der Waals surface area contributed by atoms with Gasteiger partial charge in [0.25, 0.3) is 0 Å². The van der Waals surface area contributed by atoms with Crippen LogP contribution in [0.5, 0.6) is 0 Å². The van der Waals surface area contributed by atoms with Crippen molar-refractivity contribution >= 4 is 0 Å². The van der Waals surface area contributed by atoms with E-state index in [2.05, 4.69) is 0 Å². The van der Waals surface area contributed by atoms with Crippen LogP contribution in [-0.2, 0) is 0 Å². The van der Waals surface area contributed by atoms with E-state index in [1.54, 1.807) is 0 Å². The van der Waals surface area contributed by atoms with Crippen molar-refractivity contribution < 1.29 is 62.2 Å². The zero-order valence-electron chi connectivity index (χ0n) is 14.0. The molecule has 0 aliphatic rings. The van der Waals surface area contributed by atoms with Gasteiger partial charge in [0.15, 0.2) is 0 Å². The lowest BCUT2D eigenvalue weighted by atomic mass is 9.88. The molecule has 0 rings (SSSR count). The first-order valence-corrected chi connectivity index (χ1v) is 7.81. The molecule has 1 N–H and O–H groups in total. The van der Waals surface area contributed by atoms with Gasteiger partial charge in [-0.3, -0.25) is 4.39 Å². The maximum absolute atomic E-state index is 13.5. The SMILES string of the molecule is OCCCC(F)(F)C(F)(F)C(F)(F)C(F)(F)C(F)(F)C(F)(F)CCCCCF. The van der Waals surface area contributed by atoms with Gasteiger partial charge in [-0.1, -0.05) is 6.42 Å². The van der Waals surface area contributed by atoms with Gasteiger partial charge in [-0.15, -0.1) is 0 Å². The fourth-order valence-corrected chi connectivity index (χ4v) is 2.09. The lowest BCUT2D eigenvalue weighted by Crippen LogP contribution is -2.70. The molecule has 0 saturated heterocycles. The first-order valence-electron chi connectivity index (χ1n) is 7.81. The van der Waals surface area contributed by atoms with Crippen molar-refractivity contribution in [1.29, 1.82) is 0 Å². The monoisotopic (exact) mass is 448 g/mol. The Morgan fingerprint density at radius 2 is 0.821 bits per heavy atom. The molecule has 0 atom stereocenters. The average molecular weight is 448 g/mol. The molecule has 0 aromatic rings. The molecular weight excluding hydrogens is 431 g/mol. The molecule has 0 fully saturated rings. The first-order chi connectivity index (χ1) is 12.4. The van der Waals surface area contributed by atoms with Gasteiger partial charge in [-0.05, 0) is 19.3 Å². The van der Waals surface area contributed by atoms with Crippen LogP contribution in [0.4, 0.5) is 57.1 Å². The summed E-state index contributed by atoms with van der Waals surface area (Å²) in [6.45, 7) is -2.33. The molecule has 14 heteroatoms. The molecule has 0 heterocycles. The molecule has 28 heavy (non-hydrogen) atoms. The van der Waals surface area contributed by atoms with Crippen LogP contribution in [0.15, 0.2) is 0 Å². The number of rotatable bonds is 13. The van der Waals surface area contributed by atoms with Crippen LogP contribution in [0.2, 0.25) is 0 Å². The molecule has 0 amide bonds. The van der Waals surface area contributed by atoms with E-state index >= 15 is 0 Å². The van der Waals surface area contributed by atoms with Gasteiger partial charge in [-0.2, -0.15) is 52.7 Å². The van der Waals surface area contributed by atoms with Gasteiger partial charge in [0.1, 0.15) is 0 Å². The Labute approximate surface area is 150 Å². The molecule has 0 aromatic heterocycles. The van der Waals surface area contributed by atoms with E-state index < -0.39 is 87.3 Å². The summed E-state index contributed by atoms with van der Waals surface area (Å²) in [6.07, 6.45) is -7.79. The second-order valence-electron chi connectivity index (χ2n) is 6.03. The molecule has 0 saturated carbocycles. The zero-order valence-corrected chi connectivity index (χ0v) is 14.0. The smallest absolute Gasteiger partial charge is 0.384 e. The standard InChI is InChI=1S/C14H17F13O/c15-7-3-1-2-5-9(16,17)11(20,21)13(24,25)14(26,27)12(22,23)10(18,19)6-4-8-28/h28H,1-8H2. The van der Waals surface area contributed by atoms with Crippen LogP contribution in [0.3, 0.4) is 0 Å². The minimum atomic E-state index is -7.58. The molecule has 0 aliphatic carbocycles. The van der Waals surface area contributed by atoms with Crippen LogP contribution < -0.4 is 0 Å². The third-order valence-corrected chi connectivity index (χ3v) is 3.88. The Bertz CT molecular complexity index is 490. The van der Waals surface area contributed by atoms with Crippen molar-refractivity contribution in [2.75, 3.05) is 13.3 Å². The van der Waals surface area contributed by atoms with E-state index in [0.717, 1.165) is 0 Å². The van der Waals surface area contributed by atoms with Gasteiger partial charge < -0.3 is 5.11 Å². The highest BCUT2D eigenvalue weighted by atomic mass is 19.4. The van der Waals surface area contributed by atoms with E-state index in [4.69, 9.17) is 5.11 Å². The Kier molecular flexibility index (Phi) is 8.52. The van der Waals surface area contributed by atoms with Gasteiger partial charge in [0.2, 0.25) is 0 Å². The van der Waals surface area contributed by atoms with E-state index in [1.807, 2.05) is 0 Å². The van der Waals surface area contributed by atoms with E-state index in [1.165, 1.54) is 0 Å². The summed E-state index contributed by atoms with van der Waals surface area (Å²) in [4.78, 5) is 0. The topological polar surface area (TPSA) is 20.2 Å². The van der Waals surface area contributed by atoms with Crippen LogP contribution in [-0.4, -0.2) is 53.9 Å². The van der Waals surface area contributed by atoms with Crippen LogP contribution >= 0.6 is 0 Å². The number of aliphatic hydroxyl groups is 1. The minimum absolute atomic E-state index is 0.441. The minimum Gasteiger partial charge on any atom is -0.396 e. The Hall–Kier alpha value is -0.950. The largest absolute Gasteiger partial charge is 0.396 e. The van der Waals surface area contributed by atoms with Crippen LogP contribution in [0, 0.1) is 0 Å². The molecule has 1 nitrogen and oxygen atoms in total. The predicted molar refractivity (Wildman–Crippen MR) is 70.4 cm³/mol. The summed E-state index contributed by atoms with van der Waals surface area (Å²) >= 11 is 0. The molecule has 0 spiro atoms. The number of aliphatic hydroxyl groups excluding tert-OH is 1. The van der Waals surface area contributed by atoms with Crippen molar-refractivity contribution in [3.05, 3.63) is 0 Å². The molecule has 0 radical (unpaired) electrons. The molecule has 0 aliphatic heterocycles. The van der Waals surface area contributed by atoms with Crippen molar-refractivity contribution in [3.8, 4) is 0 Å². The number of hydrogen-bond donors (Lipinski definition) is 1. The Morgan fingerprint density at radius 1 is 0.464 bits per heavy atom. The lowest BCUT2D eigenvalue weighted by Gasteiger charge is -2.41. The number of unbranched alkanes of at least 4 members (excludes halogenated alkanes) is 2. The van der Waals surface area contributed by atoms with Crippen LogP contribution in [0.25, 0.3) is 0 Å². The highest BCUT2D eigenvalue weighted by Gasteiger charge is 2.89. The highest BCUT2D eigenvalue weighted by molar-refractivity contribution is 5.11. The third kappa shape index (κ3) is 4.61. The Balaban J connectivity index is 5.89. The Morgan fingerprint density at radius 3 is 1.14 bits per heavy atom. The van der Waals surface area contributed by atoms with Crippen LogP contribution in [0.1, 0.15) is 38.5 Å². The molecule has 0 unspecified atom stereocenters. The maximum Gasteiger partial charge on any atom is 0.384 e. The summed E-state index contributed by atoms with van der Waals surface area (Å²) in [5.41, 5.74) is 0. The number of hydrogen-bond acceptors (Lipinski definition) is 1. The highest BCUT2D eigenvalue weighted by Crippen LogP contribution is 2.61. The van der Waals surface area contributed by atoms with Gasteiger partial charge in [0.05, 0.1) is 6.67 Å². The van der Waals surface area contributed by atoms with Crippen molar-refractivity contribution in [2.45, 2.75) is 74.1 Å². The lowest BCUT2D eigenvalue weighted by molar-refractivity contribution is -0.425. The van der Waals surface area contributed by atoms with E-state index in [-0.39, 0.29) is 0 Å².